The van der Waals surface area contributed by atoms with Gasteiger partial charge in [0.2, 0.25) is 0 Å². The Hall–Kier alpha value is -6.25. The van der Waals surface area contributed by atoms with Gasteiger partial charge in [0.05, 0.1) is 47.5 Å². The van der Waals surface area contributed by atoms with E-state index in [9.17, 15) is 32.1 Å². The van der Waals surface area contributed by atoms with E-state index in [0.717, 1.165) is 67.2 Å². The molecule has 0 radical (unpaired) electrons. The van der Waals surface area contributed by atoms with E-state index in [-0.39, 0.29) is 40.6 Å². The number of thiophene rings is 1. The van der Waals surface area contributed by atoms with Crippen molar-refractivity contribution in [3.63, 3.8) is 0 Å². The monoisotopic (exact) mass is 967 g/mol. The van der Waals surface area contributed by atoms with Crippen molar-refractivity contribution in [1.82, 2.24) is 19.6 Å². The first-order valence-corrected chi connectivity index (χ1v) is 24.7. The summed E-state index contributed by atoms with van der Waals surface area (Å²) in [6.07, 6.45) is 3.40. The van der Waals surface area contributed by atoms with Crippen LogP contribution in [-0.4, -0.2) is 99.3 Å². The number of carbonyl (C=O) groups excluding carboxylic acids is 1. The summed E-state index contributed by atoms with van der Waals surface area (Å²) in [6.45, 7) is 9.67. The molecule has 2 fully saturated rings. The van der Waals surface area contributed by atoms with E-state index in [1.54, 1.807) is 47.9 Å². The van der Waals surface area contributed by atoms with Crippen LogP contribution in [0.5, 0.6) is 11.5 Å². The van der Waals surface area contributed by atoms with Gasteiger partial charge in [-0.2, -0.15) is 0 Å². The molecular weight excluding hydrogens is 917 g/mol. The van der Waals surface area contributed by atoms with Crippen molar-refractivity contribution in [2.75, 3.05) is 69.3 Å². The van der Waals surface area contributed by atoms with Crippen LogP contribution in [0.15, 0.2) is 107 Å². The van der Waals surface area contributed by atoms with Crippen molar-refractivity contribution in [2.24, 2.45) is 5.41 Å². The molecule has 2 saturated heterocycles. The molecule has 3 aliphatic rings. The molecule has 3 aromatic heterocycles. The molecule has 68 heavy (non-hydrogen) atoms. The first-order chi connectivity index (χ1) is 32.7. The van der Waals surface area contributed by atoms with Crippen LogP contribution in [-0.2, 0) is 19.5 Å². The minimum Gasteiger partial charge on any atom is -0.455 e. The molecule has 0 saturated carbocycles. The molecule has 1 atom stereocenters. The van der Waals surface area contributed by atoms with Crippen LogP contribution in [0.25, 0.3) is 27.7 Å². The van der Waals surface area contributed by atoms with Gasteiger partial charge in [-0.3, -0.25) is 19.8 Å². The number of sulfonamides is 1. The molecule has 6 aromatic rings. The van der Waals surface area contributed by atoms with E-state index in [2.05, 4.69) is 55.1 Å². The van der Waals surface area contributed by atoms with Crippen LogP contribution in [0.2, 0.25) is 0 Å². The number of nitro groups is 1. The van der Waals surface area contributed by atoms with Crippen LogP contribution in [0.4, 0.5) is 25.8 Å². The topological polar surface area (TPSA) is 181 Å². The van der Waals surface area contributed by atoms with Gasteiger partial charge in [-0.1, -0.05) is 43.7 Å². The molecule has 1 amide bonds. The van der Waals surface area contributed by atoms with Crippen LogP contribution in [0.1, 0.15) is 60.3 Å². The number of benzene rings is 3. The molecule has 9 rings (SSSR count). The second-order valence-electron chi connectivity index (χ2n) is 18.0. The number of alkyl halides is 2. The lowest BCUT2D eigenvalue weighted by Crippen LogP contribution is -2.47. The number of fused-ring (bicyclic) bond motifs is 1. The zero-order valence-corrected chi connectivity index (χ0v) is 39.1. The number of H-pyrrole nitrogens is 1. The molecule has 0 unspecified atom stereocenters. The number of rotatable bonds is 15. The summed E-state index contributed by atoms with van der Waals surface area (Å²) in [5, 5.41) is 17.9. The molecule has 2 aliphatic heterocycles. The van der Waals surface area contributed by atoms with Crippen molar-refractivity contribution < 1.29 is 41.1 Å². The van der Waals surface area contributed by atoms with Gasteiger partial charge in [0.15, 0.2) is 0 Å². The van der Waals surface area contributed by atoms with E-state index >= 15 is 0 Å². The number of hydrogen-bond donors (Lipinski definition) is 3. The number of allylic oxidation sites excluding steroid dienone is 1. The fraction of sp³-hybridized carbons (Fsp3) is 0.347. The van der Waals surface area contributed by atoms with E-state index in [1.807, 2.05) is 6.07 Å². The smallest absolute Gasteiger partial charge is 0.293 e. The number of nitrogens with zero attached hydrogens (tertiary/aromatic N) is 4. The zero-order valence-electron chi connectivity index (χ0n) is 37.5. The summed E-state index contributed by atoms with van der Waals surface area (Å²) in [4.78, 5) is 38.2. The average molecular weight is 968 g/mol. The normalized spacial score (nSPS) is 18.0. The zero-order chi connectivity index (χ0) is 47.6. The minimum atomic E-state index is -4.61. The third-order valence-electron chi connectivity index (χ3n) is 12.7. The molecule has 0 spiro atoms. The largest absolute Gasteiger partial charge is 0.455 e. The number of pyridine rings is 1. The summed E-state index contributed by atoms with van der Waals surface area (Å²) in [5.41, 5.74) is 5.78. The number of halogens is 2. The molecule has 3 aromatic carbocycles. The molecule has 19 heteroatoms. The van der Waals surface area contributed by atoms with Gasteiger partial charge in [0, 0.05) is 79.1 Å². The number of piperazine rings is 1. The standard InChI is InChI=1S/C49H51F2N7O8S2/c1-49(2)13-11-34(41(25-49)45-22-35(30-67-45)31-3-5-32(6-4-31)46(50)51)28-56-15-17-57(18-16-56)36-7-9-40(44(23-36)66-37-21-33-12-14-52-47(33)54-26-37)48(59)55-68(62,63)39-8-10-42(43(24-39)58(60)61)53-27-38-29-64-19-20-65-38/h3-10,12,14,21-24,26,30,38,46,53H,11,13,15-20,25,27-29H2,1-2H3,(H,52,54)(H,55,59)/t38-/m0/s1. The Morgan fingerprint density at radius 3 is 2.59 bits per heavy atom. The Bertz CT molecular complexity index is 2960. The maximum Gasteiger partial charge on any atom is 0.293 e. The van der Waals surface area contributed by atoms with E-state index in [0.29, 0.717) is 44.3 Å². The Balaban J connectivity index is 0.917. The second-order valence-corrected chi connectivity index (χ2v) is 20.6. The number of anilines is 2. The van der Waals surface area contributed by atoms with Crippen LogP contribution < -0.4 is 19.7 Å². The molecule has 356 valence electrons. The van der Waals surface area contributed by atoms with Gasteiger partial charge in [-0.25, -0.2) is 26.9 Å². The predicted molar refractivity (Wildman–Crippen MR) is 257 cm³/mol. The highest BCUT2D eigenvalue weighted by molar-refractivity contribution is 7.90. The number of nitrogens with one attached hydrogen (secondary N) is 3. The van der Waals surface area contributed by atoms with Gasteiger partial charge >= 0.3 is 0 Å². The molecule has 3 N–H and O–H groups in total. The number of amides is 1. The fourth-order valence-corrected chi connectivity index (χ4v) is 10.8. The molecule has 15 nitrogen and oxygen atoms in total. The number of nitro benzene ring substituents is 1. The second kappa shape index (κ2) is 19.8. The van der Waals surface area contributed by atoms with Gasteiger partial charge in [-0.15, -0.1) is 11.3 Å². The minimum absolute atomic E-state index is 0.0100. The quantitative estimate of drug-likeness (QED) is 0.0656. The van der Waals surface area contributed by atoms with E-state index in [4.69, 9.17) is 14.2 Å². The van der Waals surface area contributed by atoms with Crippen LogP contribution in [0.3, 0.4) is 0 Å². The molecule has 1 aliphatic carbocycles. The average Bonchev–Trinajstić information content (AvgIpc) is 4.02. The summed E-state index contributed by atoms with van der Waals surface area (Å²) in [7, 11) is -4.61. The Morgan fingerprint density at radius 2 is 1.84 bits per heavy atom. The Labute approximate surface area is 396 Å². The van der Waals surface area contributed by atoms with E-state index < -0.39 is 37.9 Å². The lowest BCUT2D eigenvalue weighted by Gasteiger charge is -2.39. The van der Waals surface area contributed by atoms with Gasteiger partial charge in [0.25, 0.3) is 28.0 Å². The predicted octanol–water partition coefficient (Wildman–Crippen LogP) is 9.66. The lowest BCUT2D eigenvalue weighted by atomic mass is 9.73. The fourth-order valence-electron chi connectivity index (χ4n) is 8.84. The van der Waals surface area contributed by atoms with Gasteiger partial charge in [-0.05, 0) is 89.2 Å². The molecule has 5 heterocycles. The number of aromatic amines is 1. The van der Waals surface area contributed by atoms with Crippen molar-refractivity contribution in [3.8, 4) is 22.6 Å². The van der Waals surface area contributed by atoms with Crippen molar-refractivity contribution >= 4 is 60.9 Å². The summed E-state index contributed by atoms with van der Waals surface area (Å²) in [6, 6.07) is 20.6. The number of aromatic nitrogens is 2. The molecular formula is C49H51F2N7O8S2. The summed E-state index contributed by atoms with van der Waals surface area (Å²) in [5.74, 6) is -0.579. The number of carbonyl (C=O) groups is 1. The summed E-state index contributed by atoms with van der Waals surface area (Å²) < 4.78 is 73.3. The first kappa shape index (κ1) is 46.8. The maximum absolute atomic E-state index is 14.0. The highest BCUT2D eigenvalue weighted by atomic mass is 32.2. The van der Waals surface area contributed by atoms with E-state index in [1.165, 1.54) is 52.6 Å². The van der Waals surface area contributed by atoms with Gasteiger partial charge in [0.1, 0.15) is 22.8 Å². The first-order valence-electron chi connectivity index (χ1n) is 22.4. The maximum atomic E-state index is 14.0. The summed E-state index contributed by atoms with van der Waals surface area (Å²) >= 11 is 1.70. The SMILES string of the molecule is CC1(C)CCC(CN2CCN(c3ccc(C(=O)NS(=O)(=O)c4ccc(NC[C@H]5COCCO5)c([N+](=O)[O-])c4)c(Oc4cnc5[nH]ccc5c4)c3)CC2)=C(c2cc(-c3ccc(C(F)F)cc3)cs2)C1. The number of ether oxygens (including phenoxy) is 3. The third kappa shape index (κ3) is 10.7. The highest BCUT2D eigenvalue weighted by Crippen LogP contribution is 2.46. The van der Waals surface area contributed by atoms with Crippen LogP contribution in [0, 0.1) is 15.5 Å². The van der Waals surface area contributed by atoms with Crippen molar-refractivity contribution in [2.45, 2.75) is 50.5 Å². The number of hydrogen-bond acceptors (Lipinski definition) is 13. The lowest BCUT2D eigenvalue weighted by molar-refractivity contribution is -0.384. The van der Waals surface area contributed by atoms with Crippen LogP contribution >= 0.6 is 11.3 Å². The van der Waals surface area contributed by atoms with Crippen molar-refractivity contribution in [1.29, 1.82) is 0 Å². The third-order valence-corrected chi connectivity index (χ3v) is 15.0. The molecule has 0 bridgehead atoms. The highest BCUT2D eigenvalue weighted by Gasteiger charge is 2.31. The Kier molecular flexibility index (Phi) is 13.6. The Morgan fingerprint density at radius 1 is 1.03 bits per heavy atom. The van der Waals surface area contributed by atoms with Crippen molar-refractivity contribution in [3.05, 3.63) is 128 Å². The van der Waals surface area contributed by atoms with Gasteiger partial charge < -0.3 is 29.4 Å².